The molecule has 0 amide bonds. The third kappa shape index (κ3) is 33.0. The summed E-state index contributed by atoms with van der Waals surface area (Å²) in [6, 6.07) is 0. The molecule has 1 unspecified atom stereocenters. The minimum atomic E-state index is -1.49. The van der Waals surface area contributed by atoms with E-state index in [1.165, 1.54) is 0 Å². The van der Waals surface area contributed by atoms with E-state index in [9.17, 15) is 0 Å². The first-order valence-corrected chi connectivity index (χ1v) is 5.85. The van der Waals surface area contributed by atoms with Gasteiger partial charge in [0.15, 0.2) is 9.28 Å². The van der Waals surface area contributed by atoms with E-state index in [4.69, 9.17) is 12.7 Å². The fraction of sp³-hybridized carbons (Fsp3) is 0.625. The third-order valence-corrected chi connectivity index (χ3v) is 2.06. The second kappa shape index (κ2) is 18.1. The summed E-state index contributed by atoms with van der Waals surface area (Å²) in [6.45, 7) is 12.6. The summed E-state index contributed by atoms with van der Waals surface area (Å²) in [5.74, 6) is 0. The van der Waals surface area contributed by atoms with E-state index in [1.807, 2.05) is 13.8 Å². The zero-order valence-corrected chi connectivity index (χ0v) is 10.8. The topological polar surface area (TPSA) is 35.5 Å². The predicted molar refractivity (Wildman–Crippen MR) is 51.0 cm³/mol. The molecule has 1 atom stereocenters. The Kier molecular flexibility index (Phi) is 26.2. The van der Waals surface area contributed by atoms with E-state index < -0.39 is 9.28 Å². The van der Waals surface area contributed by atoms with Crippen LogP contribution in [0.3, 0.4) is 0 Å². The van der Waals surface area contributed by atoms with Gasteiger partial charge in [0.25, 0.3) is 0 Å². The van der Waals surface area contributed by atoms with Gasteiger partial charge in [0, 0.05) is 13.2 Å². The van der Waals surface area contributed by atoms with Gasteiger partial charge in [-0.3, -0.25) is 13.1 Å². The molecule has 0 spiro atoms. The monoisotopic (exact) mass is 249 g/mol. The van der Waals surface area contributed by atoms with Crippen molar-refractivity contribution in [2.75, 3.05) is 7.11 Å². The Morgan fingerprint density at radius 3 is 1.92 bits per heavy atom. The summed E-state index contributed by atoms with van der Waals surface area (Å²) >= 11 is 2.31. The summed E-state index contributed by atoms with van der Waals surface area (Å²) in [4.78, 5) is 0. The zero-order chi connectivity index (χ0) is 11.3. The van der Waals surface area contributed by atoms with Gasteiger partial charge in [-0.25, -0.2) is 0 Å². The normalized spacial score (nSPS) is 10.4. The Morgan fingerprint density at radius 2 is 1.85 bits per heavy atom. The molecule has 0 aliphatic heterocycles. The minimum absolute atomic E-state index is 0.254. The molecule has 0 aromatic carbocycles. The van der Waals surface area contributed by atoms with Crippen molar-refractivity contribution >= 4 is 9.28 Å². The summed E-state index contributed by atoms with van der Waals surface area (Å²) in [6.07, 6.45) is 2.75. The van der Waals surface area contributed by atoms with Crippen molar-refractivity contribution in [1.29, 1.82) is 0 Å². The summed E-state index contributed by atoms with van der Waals surface area (Å²) in [5, 5.41) is 0. The van der Waals surface area contributed by atoms with Gasteiger partial charge in [-0.1, -0.05) is 0 Å². The van der Waals surface area contributed by atoms with E-state index in [-0.39, 0.29) is 6.10 Å². The van der Waals surface area contributed by atoms with Crippen molar-refractivity contribution in [3.63, 3.8) is 0 Å². The SMILES string of the molecule is C=[C-]C.[CH2-][SiH](OC)OC(C)C.[O]=[Co]. The number of rotatable bonds is 3. The first-order chi connectivity index (χ1) is 6.08. The molecule has 0 fully saturated rings. The van der Waals surface area contributed by atoms with Crippen LogP contribution in [0, 0.1) is 12.6 Å². The Balaban J connectivity index is -0.000000169. The molecule has 0 aromatic rings. The van der Waals surface area contributed by atoms with Gasteiger partial charge in [-0.15, -0.1) is 0 Å². The van der Waals surface area contributed by atoms with Gasteiger partial charge in [0.2, 0.25) is 0 Å². The molecule has 0 saturated carbocycles. The van der Waals surface area contributed by atoms with Crippen molar-refractivity contribution in [3.8, 4) is 0 Å². The summed E-state index contributed by atoms with van der Waals surface area (Å²) in [5.41, 5.74) is 0. The van der Waals surface area contributed by atoms with Crippen LogP contribution >= 0.6 is 0 Å². The van der Waals surface area contributed by atoms with E-state index in [2.05, 4.69) is 34.9 Å². The van der Waals surface area contributed by atoms with Crippen LogP contribution in [0.4, 0.5) is 0 Å². The fourth-order valence-electron chi connectivity index (χ4n) is 0.359. The van der Waals surface area contributed by atoms with E-state index in [1.54, 1.807) is 14.0 Å². The number of hydrogen-bond acceptors (Lipinski definition) is 3. The summed E-state index contributed by atoms with van der Waals surface area (Å²) < 4.78 is 18.0. The molecule has 0 radical (unpaired) electrons. The van der Waals surface area contributed by atoms with Crippen molar-refractivity contribution in [2.45, 2.75) is 26.9 Å². The van der Waals surface area contributed by atoms with E-state index in [0.29, 0.717) is 0 Å². The van der Waals surface area contributed by atoms with Gasteiger partial charge < -0.3 is 14.9 Å². The zero-order valence-electron chi connectivity index (χ0n) is 8.63. The molecule has 0 aliphatic carbocycles. The van der Waals surface area contributed by atoms with Crippen LogP contribution in [0.1, 0.15) is 20.8 Å². The Bertz CT molecular complexity index is 101. The molecule has 0 saturated heterocycles. The molecule has 0 rings (SSSR count). The Labute approximate surface area is 91.1 Å². The van der Waals surface area contributed by atoms with E-state index >= 15 is 0 Å². The third-order valence-electron chi connectivity index (χ3n) is 0.687. The maximum atomic E-state index is 7.94. The number of allylic oxidation sites excluding steroid dienone is 1. The van der Waals surface area contributed by atoms with Crippen LogP contribution in [-0.4, -0.2) is 22.5 Å². The molecule has 0 heterocycles. The van der Waals surface area contributed by atoms with Crippen LogP contribution in [-0.2, 0) is 28.4 Å². The molecule has 3 nitrogen and oxygen atoms in total. The second-order valence-corrected chi connectivity index (χ2v) is 3.81. The van der Waals surface area contributed by atoms with Crippen molar-refractivity contribution < 1.29 is 28.4 Å². The van der Waals surface area contributed by atoms with Crippen molar-refractivity contribution in [3.05, 3.63) is 19.2 Å². The van der Waals surface area contributed by atoms with Crippen LogP contribution < -0.4 is 0 Å². The van der Waals surface area contributed by atoms with Crippen LogP contribution in [0.5, 0.6) is 0 Å². The Hall–Kier alpha value is 0.183. The van der Waals surface area contributed by atoms with Gasteiger partial charge in [-0.05, 0) is 13.8 Å². The van der Waals surface area contributed by atoms with Gasteiger partial charge >= 0.3 is 19.5 Å². The quantitative estimate of drug-likeness (QED) is 0.562. The fourth-order valence-corrected chi connectivity index (χ4v) is 1.08. The predicted octanol–water partition coefficient (Wildman–Crippen LogP) is 1.53. The van der Waals surface area contributed by atoms with Gasteiger partial charge in [0.1, 0.15) is 0 Å². The molecule has 0 aliphatic rings. The average Bonchev–Trinajstić information content (AvgIpc) is 2.08. The molecular formula is C8H18CoO3Si-2. The van der Waals surface area contributed by atoms with E-state index in [0.717, 1.165) is 0 Å². The van der Waals surface area contributed by atoms with Crippen LogP contribution in [0.25, 0.3) is 0 Å². The standard InChI is InChI=1S/C5H13O2Si.C3H5.Co.O/c1-5(2)7-8(4)6-3;1-3-2;;/h5,8H,4H2,1-3H3;1H2,2H3;;/q2*-1;;. The molecular weight excluding hydrogens is 231 g/mol. The maximum absolute atomic E-state index is 7.94. The molecule has 83 valence electrons. The first kappa shape index (κ1) is 18.9. The molecule has 0 N–H and O–H groups in total. The summed E-state index contributed by atoms with van der Waals surface area (Å²) in [7, 11) is 0.142. The molecule has 0 bridgehead atoms. The van der Waals surface area contributed by atoms with Gasteiger partial charge in [0.05, 0.1) is 0 Å². The van der Waals surface area contributed by atoms with Crippen molar-refractivity contribution in [1.82, 2.24) is 0 Å². The molecule has 0 aromatic heterocycles. The average molecular weight is 249 g/mol. The second-order valence-electron chi connectivity index (χ2n) is 2.20. The Morgan fingerprint density at radius 1 is 1.54 bits per heavy atom. The van der Waals surface area contributed by atoms with Crippen molar-refractivity contribution in [2.24, 2.45) is 0 Å². The number of hydrogen-bond donors (Lipinski definition) is 0. The molecule has 13 heavy (non-hydrogen) atoms. The van der Waals surface area contributed by atoms with Crippen LogP contribution in [0.2, 0.25) is 0 Å². The van der Waals surface area contributed by atoms with Gasteiger partial charge in [-0.2, -0.15) is 6.92 Å². The molecule has 5 heteroatoms. The first-order valence-electron chi connectivity index (χ1n) is 3.67. The van der Waals surface area contributed by atoms with Crippen LogP contribution in [0.15, 0.2) is 6.58 Å².